The molecule has 1 nitrogen and oxygen atoms in total. The van der Waals surface area contributed by atoms with Crippen molar-refractivity contribution in [2.24, 2.45) is 4.99 Å². The average Bonchev–Trinajstić information content (AvgIpc) is 2.89. The topological polar surface area (TPSA) is 12.4 Å². The first-order valence-corrected chi connectivity index (χ1v) is 8.15. The number of halogens is 2. The molecule has 2 aromatic carbocycles. The number of rotatable bonds is 1. The van der Waals surface area contributed by atoms with Crippen molar-refractivity contribution in [2.75, 3.05) is 0 Å². The van der Waals surface area contributed by atoms with E-state index in [-0.39, 0.29) is 16.3 Å². The molecule has 1 aliphatic carbocycles. The summed E-state index contributed by atoms with van der Waals surface area (Å²) in [6, 6.07) is 13.6. The second-order valence-electron chi connectivity index (χ2n) is 6.40. The third kappa shape index (κ3) is 2.17. The maximum Gasteiger partial charge on any atom is 0.141 e. The summed E-state index contributed by atoms with van der Waals surface area (Å²) in [6.07, 6.45) is 6.57. The molecule has 0 bridgehead atoms. The van der Waals surface area contributed by atoms with Gasteiger partial charge >= 0.3 is 0 Å². The molecule has 2 unspecified atom stereocenters. The zero-order chi connectivity index (χ0) is 15.2. The molecule has 1 aliphatic heterocycles. The van der Waals surface area contributed by atoms with Crippen LogP contribution in [0.2, 0.25) is 5.02 Å². The lowest BCUT2D eigenvalue weighted by molar-refractivity contribution is 0.349. The minimum atomic E-state index is -0.344. The van der Waals surface area contributed by atoms with Gasteiger partial charge in [0.25, 0.3) is 0 Å². The molecule has 0 aromatic heterocycles. The minimum Gasteiger partial charge on any atom is -0.260 e. The predicted molar refractivity (Wildman–Crippen MR) is 88.9 cm³/mol. The van der Waals surface area contributed by atoms with Gasteiger partial charge in [-0.2, -0.15) is 0 Å². The summed E-state index contributed by atoms with van der Waals surface area (Å²) in [5.41, 5.74) is 3.62. The molecule has 1 heterocycles. The number of nitrogens with zero attached hydrogens (tertiary/aromatic N) is 1. The second kappa shape index (κ2) is 5.20. The number of benzene rings is 2. The lowest BCUT2D eigenvalue weighted by atomic mass is 9.66. The van der Waals surface area contributed by atoms with E-state index in [0.29, 0.717) is 5.92 Å². The zero-order valence-corrected chi connectivity index (χ0v) is 13.0. The van der Waals surface area contributed by atoms with E-state index >= 15 is 0 Å². The molecule has 22 heavy (non-hydrogen) atoms. The highest BCUT2D eigenvalue weighted by molar-refractivity contribution is 6.30. The summed E-state index contributed by atoms with van der Waals surface area (Å²) in [5.74, 6) is 0.0631. The van der Waals surface area contributed by atoms with Gasteiger partial charge in [0.2, 0.25) is 0 Å². The van der Waals surface area contributed by atoms with Gasteiger partial charge in [-0.15, -0.1) is 0 Å². The van der Waals surface area contributed by atoms with Gasteiger partial charge in [0.1, 0.15) is 5.82 Å². The SMILES string of the molecule is Fc1ccc(C2CCCC3(C=Nc4ccccc43)C2)cc1Cl. The summed E-state index contributed by atoms with van der Waals surface area (Å²) in [6.45, 7) is 0. The van der Waals surface area contributed by atoms with Crippen molar-refractivity contribution in [3.8, 4) is 0 Å². The Hall–Kier alpha value is -1.67. The maximum atomic E-state index is 13.4. The molecule has 2 aromatic rings. The van der Waals surface area contributed by atoms with Gasteiger partial charge in [0.05, 0.1) is 10.7 Å². The van der Waals surface area contributed by atoms with E-state index in [1.807, 2.05) is 12.1 Å². The molecular weight excluding hydrogens is 297 g/mol. The summed E-state index contributed by atoms with van der Waals surface area (Å²) >= 11 is 5.96. The molecule has 0 N–H and O–H groups in total. The first-order chi connectivity index (χ1) is 10.7. The van der Waals surface area contributed by atoms with Crippen LogP contribution in [0, 0.1) is 5.82 Å². The van der Waals surface area contributed by atoms with Crippen LogP contribution in [0.5, 0.6) is 0 Å². The molecule has 1 saturated carbocycles. The highest BCUT2D eigenvalue weighted by atomic mass is 35.5. The standard InChI is InChI=1S/C19H17ClFN/c20-16-10-13(7-8-17(16)21)14-4-3-9-19(11-14)12-22-18-6-2-1-5-15(18)19/h1-2,5-8,10,12,14H,3-4,9,11H2. The highest BCUT2D eigenvalue weighted by Gasteiger charge is 2.41. The molecular formula is C19H17ClFN. The Morgan fingerprint density at radius 2 is 2.05 bits per heavy atom. The van der Waals surface area contributed by atoms with Gasteiger partial charge in [0, 0.05) is 11.6 Å². The van der Waals surface area contributed by atoms with Gasteiger partial charge < -0.3 is 0 Å². The third-order valence-electron chi connectivity index (χ3n) is 5.09. The smallest absolute Gasteiger partial charge is 0.141 e. The van der Waals surface area contributed by atoms with Crippen molar-refractivity contribution in [2.45, 2.75) is 37.0 Å². The number of aliphatic imine (C=N–C) groups is 1. The van der Waals surface area contributed by atoms with Crippen LogP contribution < -0.4 is 0 Å². The van der Waals surface area contributed by atoms with E-state index in [1.54, 1.807) is 6.07 Å². The van der Waals surface area contributed by atoms with Gasteiger partial charge in [-0.1, -0.05) is 42.3 Å². The van der Waals surface area contributed by atoms with Crippen molar-refractivity contribution in [1.82, 2.24) is 0 Å². The fourth-order valence-corrected chi connectivity index (χ4v) is 4.18. The molecule has 112 valence electrons. The Bertz CT molecular complexity index is 755. The predicted octanol–water partition coefficient (Wildman–Crippen LogP) is 5.79. The van der Waals surface area contributed by atoms with E-state index in [0.717, 1.165) is 36.9 Å². The van der Waals surface area contributed by atoms with E-state index in [2.05, 4.69) is 29.4 Å². The van der Waals surface area contributed by atoms with Gasteiger partial charge in [-0.3, -0.25) is 4.99 Å². The van der Waals surface area contributed by atoms with E-state index in [4.69, 9.17) is 11.6 Å². The summed E-state index contributed by atoms with van der Waals surface area (Å²) in [7, 11) is 0. The van der Waals surface area contributed by atoms with Crippen LogP contribution in [-0.4, -0.2) is 6.21 Å². The molecule has 0 radical (unpaired) electrons. The van der Waals surface area contributed by atoms with E-state index in [9.17, 15) is 4.39 Å². The van der Waals surface area contributed by atoms with Crippen LogP contribution in [-0.2, 0) is 5.41 Å². The van der Waals surface area contributed by atoms with Crippen LogP contribution in [0.1, 0.15) is 42.7 Å². The van der Waals surface area contributed by atoms with Crippen molar-refractivity contribution in [1.29, 1.82) is 0 Å². The minimum absolute atomic E-state index is 0.0420. The molecule has 3 heteroatoms. The Labute approximate surface area is 134 Å². The average molecular weight is 314 g/mol. The van der Waals surface area contributed by atoms with Gasteiger partial charge in [-0.05, 0) is 54.5 Å². The quantitative estimate of drug-likeness (QED) is 0.632. The summed E-state index contributed by atoms with van der Waals surface area (Å²) < 4.78 is 13.4. The molecule has 0 saturated heterocycles. The van der Waals surface area contributed by atoms with E-state index in [1.165, 1.54) is 11.6 Å². The number of fused-ring (bicyclic) bond motifs is 2. The number of hydrogen-bond acceptors (Lipinski definition) is 1. The lowest BCUT2D eigenvalue weighted by Crippen LogP contribution is -2.32. The second-order valence-corrected chi connectivity index (χ2v) is 6.81. The molecule has 2 atom stereocenters. The fourth-order valence-electron chi connectivity index (χ4n) is 3.99. The lowest BCUT2D eigenvalue weighted by Gasteiger charge is -2.37. The Balaban J connectivity index is 1.68. The molecule has 1 spiro atoms. The zero-order valence-electron chi connectivity index (χ0n) is 12.2. The van der Waals surface area contributed by atoms with Crippen LogP contribution in [0.3, 0.4) is 0 Å². The number of para-hydroxylation sites is 1. The molecule has 1 fully saturated rings. The Morgan fingerprint density at radius 3 is 2.91 bits per heavy atom. The van der Waals surface area contributed by atoms with Crippen LogP contribution in [0.4, 0.5) is 10.1 Å². The summed E-state index contributed by atoms with van der Waals surface area (Å²) in [4.78, 5) is 4.62. The number of hydrogen-bond donors (Lipinski definition) is 0. The van der Waals surface area contributed by atoms with Gasteiger partial charge in [0.15, 0.2) is 0 Å². The largest absolute Gasteiger partial charge is 0.260 e. The molecule has 0 amide bonds. The summed E-state index contributed by atoms with van der Waals surface area (Å²) in [5, 5.41) is 0.220. The molecule has 2 aliphatic rings. The molecule has 4 rings (SSSR count). The normalized spacial score (nSPS) is 26.4. The van der Waals surface area contributed by atoms with Gasteiger partial charge in [-0.25, -0.2) is 4.39 Å². The van der Waals surface area contributed by atoms with Crippen LogP contribution in [0.25, 0.3) is 0 Å². The highest BCUT2D eigenvalue weighted by Crippen LogP contribution is 2.50. The van der Waals surface area contributed by atoms with Crippen LogP contribution >= 0.6 is 11.6 Å². The van der Waals surface area contributed by atoms with Crippen molar-refractivity contribution in [3.63, 3.8) is 0 Å². The Morgan fingerprint density at radius 1 is 1.18 bits per heavy atom. The van der Waals surface area contributed by atoms with Crippen molar-refractivity contribution >= 4 is 23.5 Å². The van der Waals surface area contributed by atoms with E-state index < -0.39 is 0 Å². The maximum absolute atomic E-state index is 13.4. The Kier molecular flexibility index (Phi) is 3.30. The first-order valence-electron chi connectivity index (χ1n) is 7.78. The monoisotopic (exact) mass is 313 g/mol. The first kappa shape index (κ1) is 14.0. The third-order valence-corrected chi connectivity index (χ3v) is 5.38. The van der Waals surface area contributed by atoms with Crippen molar-refractivity contribution in [3.05, 3.63) is 64.4 Å². The van der Waals surface area contributed by atoms with Crippen LogP contribution in [0.15, 0.2) is 47.5 Å². The fraction of sp³-hybridized carbons (Fsp3) is 0.316. The van der Waals surface area contributed by atoms with Crippen molar-refractivity contribution < 1.29 is 4.39 Å².